The molecule has 0 amide bonds. The molecule has 0 radical (unpaired) electrons. The first-order valence-corrected chi connectivity index (χ1v) is 27.8. The third-order valence-electron chi connectivity index (χ3n) is 11.6. The van der Waals surface area contributed by atoms with Crippen molar-refractivity contribution in [2.75, 3.05) is 33.4 Å². The van der Waals surface area contributed by atoms with Crippen LogP contribution in [0, 0.1) is 0 Å². The quantitative estimate of drug-likeness (QED) is 0.0266. The number of phosphoric ester groups is 1. The lowest BCUT2D eigenvalue weighted by molar-refractivity contribution is -0.161. The standard InChI is InChI=1S/C52H100NO8P/c1-4-6-8-10-12-14-16-18-20-22-24-25-27-29-31-33-35-37-39-41-43-45-52(55)61-50(49-60-62(56,57)59-47-46-53-3)48-58-51(54)44-42-40-38-36-34-32-30-28-26-23-21-19-17-15-13-11-9-7-5-2/h13,15,19,21,50,53H,4-12,14,16-18,20,22-49H2,1-3H3,(H,56,57)/b15-13-,21-19-. The van der Waals surface area contributed by atoms with E-state index >= 15 is 0 Å². The van der Waals surface area contributed by atoms with Crippen LogP contribution in [0.25, 0.3) is 0 Å². The highest BCUT2D eigenvalue weighted by molar-refractivity contribution is 7.47. The summed E-state index contributed by atoms with van der Waals surface area (Å²) in [6, 6.07) is 0. The molecule has 2 atom stereocenters. The molecular weight excluding hydrogens is 798 g/mol. The van der Waals surface area contributed by atoms with Crippen LogP contribution < -0.4 is 5.32 Å². The number of hydrogen-bond donors (Lipinski definition) is 2. The number of esters is 2. The maximum Gasteiger partial charge on any atom is 0.472 e. The summed E-state index contributed by atoms with van der Waals surface area (Å²) in [5.41, 5.74) is 0. The van der Waals surface area contributed by atoms with Gasteiger partial charge in [0.25, 0.3) is 0 Å². The summed E-state index contributed by atoms with van der Waals surface area (Å²) in [6.07, 6.45) is 53.7. The minimum atomic E-state index is -4.35. The van der Waals surface area contributed by atoms with Crippen molar-refractivity contribution in [3.05, 3.63) is 24.3 Å². The third kappa shape index (κ3) is 48.0. The lowest BCUT2D eigenvalue weighted by Crippen LogP contribution is -2.29. The van der Waals surface area contributed by atoms with Gasteiger partial charge in [0.2, 0.25) is 0 Å². The molecule has 0 spiro atoms. The fraction of sp³-hybridized carbons (Fsp3) is 0.885. The first kappa shape index (κ1) is 60.5. The molecule has 366 valence electrons. The highest BCUT2D eigenvalue weighted by atomic mass is 31.2. The second kappa shape index (κ2) is 48.9. The smallest absolute Gasteiger partial charge is 0.462 e. The zero-order valence-electron chi connectivity index (χ0n) is 40.8. The Morgan fingerprint density at radius 1 is 0.500 bits per heavy atom. The van der Waals surface area contributed by atoms with Gasteiger partial charge in [0.05, 0.1) is 13.2 Å². The van der Waals surface area contributed by atoms with Crippen molar-refractivity contribution in [2.45, 2.75) is 264 Å². The van der Waals surface area contributed by atoms with E-state index in [9.17, 15) is 19.0 Å². The molecule has 0 saturated carbocycles. The number of nitrogens with one attached hydrogen (secondary N) is 1. The predicted molar refractivity (Wildman–Crippen MR) is 262 cm³/mol. The van der Waals surface area contributed by atoms with Crippen molar-refractivity contribution in [3.8, 4) is 0 Å². The number of ether oxygens (including phenoxy) is 2. The summed E-state index contributed by atoms with van der Waals surface area (Å²) >= 11 is 0. The number of allylic oxidation sites excluding steroid dienone is 4. The Balaban J connectivity index is 4.07. The van der Waals surface area contributed by atoms with Gasteiger partial charge < -0.3 is 19.7 Å². The molecule has 0 aromatic rings. The molecule has 0 heterocycles. The van der Waals surface area contributed by atoms with Crippen LogP contribution in [0.3, 0.4) is 0 Å². The van der Waals surface area contributed by atoms with Crippen LogP contribution in [0.4, 0.5) is 0 Å². The van der Waals surface area contributed by atoms with Crippen LogP contribution in [0.5, 0.6) is 0 Å². The summed E-state index contributed by atoms with van der Waals surface area (Å²) in [5, 5.41) is 2.83. The summed E-state index contributed by atoms with van der Waals surface area (Å²) in [5.74, 6) is -0.797. The third-order valence-corrected chi connectivity index (χ3v) is 12.6. The molecular formula is C52H100NO8P. The van der Waals surface area contributed by atoms with E-state index in [1.807, 2.05) is 0 Å². The monoisotopic (exact) mass is 898 g/mol. The Kier molecular flexibility index (Phi) is 47.7. The van der Waals surface area contributed by atoms with Gasteiger partial charge in [0.15, 0.2) is 6.10 Å². The Hall–Kier alpha value is -1.51. The first-order valence-electron chi connectivity index (χ1n) is 26.3. The fourth-order valence-electron chi connectivity index (χ4n) is 7.59. The van der Waals surface area contributed by atoms with Crippen molar-refractivity contribution in [2.24, 2.45) is 0 Å². The van der Waals surface area contributed by atoms with E-state index < -0.39 is 26.5 Å². The SMILES string of the molecule is CCCCC/C=C\C/C=C\CCCCCCCCCCCC(=O)OCC(COP(=O)(O)OCCNC)OC(=O)CCCCCCCCCCCCCCCCCCCCCCC. The topological polar surface area (TPSA) is 120 Å². The number of likely N-dealkylation sites (N-methyl/N-ethyl adjacent to an activating group) is 1. The van der Waals surface area contributed by atoms with Crippen molar-refractivity contribution in [1.82, 2.24) is 5.32 Å². The second-order valence-electron chi connectivity index (χ2n) is 17.7. The number of phosphoric acid groups is 1. The Bertz CT molecular complexity index is 1070. The van der Waals surface area contributed by atoms with E-state index in [1.54, 1.807) is 7.05 Å². The number of carbonyl (C=O) groups is 2. The molecule has 0 aromatic carbocycles. The largest absolute Gasteiger partial charge is 0.472 e. The fourth-order valence-corrected chi connectivity index (χ4v) is 8.34. The van der Waals surface area contributed by atoms with Gasteiger partial charge in [-0.2, -0.15) is 0 Å². The maximum atomic E-state index is 12.7. The van der Waals surface area contributed by atoms with E-state index in [4.69, 9.17) is 18.5 Å². The number of hydrogen-bond acceptors (Lipinski definition) is 8. The van der Waals surface area contributed by atoms with Crippen LogP contribution in [0.1, 0.15) is 258 Å². The van der Waals surface area contributed by atoms with Crippen LogP contribution in [-0.2, 0) is 32.7 Å². The average molecular weight is 898 g/mol. The molecule has 9 nitrogen and oxygen atoms in total. The highest BCUT2D eigenvalue weighted by Crippen LogP contribution is 2.43. The van der Waals surface area contributed by atoms with Crippen molar-refractivity contribution >= 4 is 19.8 Å². The predicted octanol–water partition coefficient (Wildman–Crippen LogP) is 15.8. The van der Waals surface area contributed by atoms with E-state index in [0.717, 1.165) is 38.5 Å². The van der Waals surface area contributed by atoms with E-state index in [0.29, 0.717) is 13.0 Å². The van der Waals surface area contributed by atoms with Crippen LogP contribution in [-0.4, -0.2) is 56.3 Å². The van der Waals surface area contributed by atoms with Gasteiger partial charge in [-0.3, -0.25) is 18.6 Å². The molecule has 0 aliphatic heterocycles. The zero-order chi connectivity index (χ0) is 45.3. The molecule has 0 saturated heterocycles. The van der Waals surface area contributed by atoms with Gasteiger partial charge in [-0.15, -0.1) is 0 Å². The van der Waals surface area contributed by atoms with Gasteiger partial charge in [-0.25, -0.2) is 4.57 Å². The van der Waals surface area contributed by atoms with Crippen molar-refractivity contribution in [3.63, 3.8) is 0 Å². The van der Waals surface area contributed by atoms with E-state index in [1.165, 1.54) is 186 Å². The molecule has 0 aliphatic rings. The Labute approximate surface area is 383 Å². The molecule has 2 unspecified atom stereocenters. The molecule has 62 heavy (non-hydrogen) atoms. The normalized spacial score (nSPS) is 13.3. The molecule has 0 bridgehead atoms. The van der Waals surface area contributed by atoms with Crippen molar-refractivity contribution in [1.29, 1.82) is 0 Å². The minimum absolute atomic E-state index is 0.0151. The van der Waals surface area contributed by atoms with Crippen LogP contribution in [0.2, 0.25) is 0 Å². The molecule has 0 rings (SSSR count). The lowest BCUT2D eigenvalue weighted by atomic mass is 10.0. The van der Waals surface area contributed by atoms with Gasteiger partial charge in [-0.1, -0.05) is 224 Å². The number of rotatable bonds is 50. The molecule has 10 heteroatoms. The first-order chi connectivity index (χ1) is 30.3. The summed E-state index contributed by atoms with van der Waals surface area (Å²) in [4.78, 5) is 35.3. The summed E-state index contributed by atoms with van der Waals surface area (Å²) < 4.78 is 33.4. The van der Waals surface area contributed by atoms with Gasteiger partial charge in [-0.05, 0) is 52.0 Å². The van der Waals surface area contributed by atoms with E-state index in [2.05, 4.69) is 43.5 Å². The number of unbranched alkanes of at least 4 members (excludes halogenated alkanes) is 32. The zero-order valence-corrected chi connectivity index (χ0v) is 41.7. The summed E-state index contributed by atoms with van der Waals surface area (Å²) in [7, 11) is -2.65. The minimum Gasteiger partial charge on any atom is -0.462 e. The average Bonchev–Trinajstić information content (AvgIpc) is 3.26. The second-order valence-corrected chi connectivity index (χ2v) is 19.2. The summed E-state index contributed by atoms with van der Waals surface area (Å²) in [6.45, 7) is 4.25. The van der Waals surface area contributed by atoms with Gasteiger partial charge in [0.1, 0.15) is 6.61 Å². The maximum absolute atomic E-state index is 12.7. The molecule has 2 N–H and O–H groups in total. The molecule has 0 aliphatic carbocycles. The molecule has 0 fully saturated rings. The number of carbonyl (C=O) groups excluding carboxylic acids is 2. The molecule has 0 aromatic heterocycles. The highest BCUT2D eigenvalue weighted by Gasteiger charge is 2.26. The van der Waals surface area contributed by atoms with Crippen molar-refractivity contribution < 1.29 is 37.6 Å². The van der Waals surface area contributed by atoms with E-state index in [-0.39, 0.29) is 32.0 Å². The van der Waals surface area contributed by atoms with Crippen LogP contribution in [0.15, 0.2) is 24.3 Å². The van der Waals surface area contributed by atoms with Crippen LogP contribution >= 0.6 is 7.82 Å². The van der Waals surface area contributed by atoms with Gasteiger partial charge >= 0.3 is 19.8 Å². The lowest BCUT2D eigenvalue weighted by Gasteiger charge is -2.20. The van der Waals surface area contributed by atoms with Gasteiger partial charge in [0, 0.05) is 19.4 Å². The Morgan fingerprint density at radius 3 is 1.31 bits per heavy atom. The Morgan fingerprint density at radius 2 is 0.871 bits per heavy atom.